The molecule has 0 aliphatic carbocycles. The molecule has 0 saturated heterocycles. The minimum Gasteiger partial charge on any atom is -0.395 e. The first-order valence-corrected chi connectivity index (χ1v) is 10.0. The molecular formula is C20H24ClF3N2O3S. The number of anilines is 2. The molecule has 0 fully saturated rings. The quantitative estimate of drug-likeness (QED) is 0.556. The third kappa shape index (κ3) is 5.81. The normalized spacial score (nSPS) is 14.2. The van der Waals surface area contributed by atoms with Crippen molar-refractivity contribution in [1.82, 2.24) is 4.90 Å². The van der Waals surface area contributed by atoms with Crippen LogP contribution in [0.15, 0.2) is 52.3 Å². The molecule has 10 heteroatoms. The Morgan fingerprint density at radius 1 is 0.967 bits per heavy atom. The fourth-order valence-corrected chi connectivity index (χ4v) is 4.42. The molecule has 0 amide bonds. The van der Waals surface area contributed by atoms with E-state index in [4.69, 9.17) is 10.2 Å². The SMILES string of the molecule is Cl.OCCN(CCO)CC(O)CN1c2ccccc2Sc2ccc(C(F)(F)F)cc21. The highest BCUT2D eigenvalue weighted by Crippen LogP contribution is 2.49. The zero-order chi connectivity index (χ0) is 21.0. The average molecular weight is 465 g/mol. The van der Waals surface area contributed by atoms with E-state index in [9.17, 15) is 18.3 Å². The van der Waals surface area contributed by atoms with E-state index in [2.05, 4.69) is 0 Å². The Bertz CT molecular complexity index is 835. The van der Waals surface area contributed by atoms with Gasteiger partial charge in [-0.1, -0.05) is 23.9 Å². The van der Waals surface area contributed by atoms with Gasteiger partial charge in [-0.25, -0.2) is 0 Å². The Kier molecular flexibility index (Phi) is 8.84. The number of benzene rings is 2. The predicted molar refractivity (Wildman–Crippen MR) is 113 cm³/mol. The lowest BCUT2D eigenvalue weighted by atomic mass is 10.1. The molecule has 5 nitrogen and oxygen atoms in total. The number of aliphatic hydroxyl groups excluding tert-OH is 3. The lowest BCUT2D eigenvalue weighted by Crippen LogP contribution is -2.41. The van der Waals surface area contributed by atoms with Crippen LogP contribution >= 0.6 is 24.2 Å². The molecule has 1 aliphatic heterocycles. The van der Waals surface area contributed by atoms with Gasteiger partial charge >= 0.3 is 6.18 Å². The number of para-hydroxylation sites is 1. The Labute approximate surface area is 183 Å². The van der Waals surface area contributed by atoms with Gasteiger partial charge in [-0.15, -0.1) is 12.4 Å². The summed E-state index contributed by atoms with van der Waals surface area (Å²) in [5.41, 5.74) is 0.399. The smallest absolute Gasteiger partial charge is 0.395 e. The summed E-state index contributed by atoms with van der Waals surface area (Å²) < 4.78 is 39.8. The second-order valence-corrected chi connectivity index (χ2v) is 7.85. The number of β-amino-alcohol motifs (C(OH)–C–C–N with tert-alkyl or cyclic N) is 1. The van der Waals surface area contributed by atoms with Gasteiger partial charge in [0.15, 0.2) is 0 Å². The van der Waals surface area contributed by atoms with Crippen LogP contribution in [0.3, 0.4) is 0 Å². The predicted octanol–water partition coefficient (Wildman–Crippen LogP) is 3.38. The largest absolute Gasteiger partial charge is 0.416 e. The van der Waals surface area contributed by atoms with Gasteiger partial charge < -0.3 is 20.2 Å². The van der Waals surface area contributed by atoms with E-state index >= 15 is 0 Å². The van der Waals surface area contributed by atoms with Crippen LogP contribution in [0, 0.1) is 0 Å². The first-order valence-electron chi connectivity index (χ1n) is 9.21. The minimum atomic E-state index is -4.46. The van der Waals surface area contributed by atoms with Crippen LogP contribution < -0.4 is 4.90 Å². The minimum absolute atomic E-state index is 0. The van der Waals surface area contributed by atoms with Crippen LogP contribution in [-0.4, -0.2) is 65.7 Å². The molecule has 0 spiro atoms. The summed E-state index contributed by atoms with van der Waals surface area (Å²) in [5, 5.41) is 28.9. The zero-order valence-corrected chi connectivity index (χ0v) is 17.7. The van der Waals surface area contributed by atoms with Crippen LogP contribution in [0.4, 0.5) is 24.5 Å². The molecule has 1 heterocycles. The Balaban J connectivity index is 0.00000320. The molecule has 3 rings (SSSR count). The van der Waals surface area contributed by atoms with E-state index in [0.717, 1.165) is 22.7 Å². The fourth-order valence-electron chi connectivity index (χ4n) is 3.35. The first kappa shape index (κ1) is 24.8. The van der Waals surface area contributed by atoms with Gasteiger partial charge in [0, 0.05) is 29.4 Å². The van der Waals surface area contributed by atoms with E-state index in [1.165, 1.54) is 17.8 Å². The lowest BCUT2D eigenvalue weighted by Gasteiger charge is -2.35. The molecule has 0 radical (unpaired) electrons. The fraction of sp³-hybridized carbons (Fsp3) is 0.400. The zero-order valence-electron chi connectivity index (χ0n) is 16.0. The van der Waals surface area contributed by atoms with Gasteiger partial charge in [0.2, 0.25) is 0 Å². The van der Waals surface area contributed by atoms with Crippen molar-refractivity contribution in [1.29, 1.82) is 0 Å². The summed E-state index contributed by atoms with van der Waals surface area (Å²) in [6, 6.07) is 11.0. The number of hydrogen-bond donors (Lipinski definition) is 3. The maximum Gasteiger partial charge on any atom is 0.416 e. The van der Waals surface area contributed by atoms with Crippen molar-refractivity contribution >= 4 is 35.5 Å². The molecule has 2 aromatic rings. The number of aliphatic hydroxyl groups is 3. The highest BCUT2D eigenvalue weighted by molar-refractivity contribution is 7.99. The topological polar surface area (TPSA) is 67.2 Å². The van der Waals surface area contributed by atoms with Crippen LogP contribution in [-0.2, 0) is 6.18 Å². The van der Waals surface area contributed by atoms with Gasteiger partial charge in [0.05, 0.1) is 42.8 Å². The summed E-state index contributed by atoms with van der Waals surface area (Å²) in [5.74, 6) is 0. The number of fused-ring (bicyclic) bond motifs is 2. The third-order valence-corrected chi connectivity index (χ3v) is 5.78. The number of nitrogens with zero attached hydrogens (tertiary/aromatic N) is 2. The van der Waals surface area contributed by atoms with Crippen LogP contribution in [0.25, 0.3) is 0 Å². The Morgan fingerprint density at radius 3 is 2.23 bits per heavy atom. The molecule has 0 aromatic heterocycles. The van der Waals surface area contributed by atoms with E-state index in [1.54, 1.807) is 15.9 Å². The maximum absolute atomic E-state index is 13.3. The van der Waals surface area contributed by atoms with Gasteiger partial charge in [-0.3, -0.25) is 4.90 Å². The monoisotopic (exact) mass is 464 g/mol. The molecule has 30 heavy (non-hydrogen) atoms. The number of rotatable bonds is 8. The molecular weight excluding hydrogens is 441 g/mol. The summed E-state index contributed by atoms with van der Waals surface area (Å²) in [4.78, 5) is 5.00. The first-order chi connectivity index (χ1) is 13.8. The van der Waals surface area contributed by atoms with Crippen molar-refractivity contribution in [2.45, 2.75) is 22.1 Å². The number of alkyl halides is 3. The van der Waals surface area contributed by atoms with Crippen molar-refractivity contribution in [2.75, 3.05) is 44.3 Å². The molecule has 0 saturated carbocycles. The van der Waals surface area contributed by atoms with Crippen molar-refractivity contribution in [3.8, 4) is 0 Å². The molecule has 166 valence electrons. The van der Waals surface area contributed by atoms with Gasteiger partial charge in [0.1, 0.15) is 0 Å². The highest BCUT2D eigenvalue weighted by Gasteiger charge is 2.33. The highest BCUT2D eigenvalue weighted by atomic mass is 35.5. The van der Waals surface area contributed by atoms with E-state index in [1.807, 2.05) is 18.2 Å². The Morgan fingerprint density at radius 2 is 1.60 bits per heavy atom. The third-order valence-electron chi connectivity index (χ3n) is 4.65. The van der Waals surface area contributed by atoms with E-state index in [-0.39, 0.29) is 38.7 Å². The van der Waals surface area contributed by atoms with Gasteiger partial charge in [-0.05, 0) is 30.3 Å². The van der Waals surface area contributed by atoms with E-state index in [0.29, 0.717) is 23.7 Å². The van der Waals surface area contributed by atoms with Crippen LogP contribution in [0.1, 0.15) is 5.56 Å². The van der Waals surface area contributed by atoms with Crippen molar-refractivity contribution in [3.05, 3.63) is 48.0 Å². The summed E-state index contributed by atoms with van der Waals surface area (Å²) in [6.45, 7) is 0.611. The van der Waals surface area contributed by atoms with Gasteiger partial charge in [0.25, 0.3) is 0 Å². The number of halogens is 4. The molecule has 3 N–H and O–H groups in total. The summed E-state index contributed by atoms with van der Waals surface area (Å²) >= 11 is 1.40. The lowest BCUT2D eigenvalue weighted by molar-refractivity contribution is -0.137. The van der Waals surface area contributed by atoms with Crippen molar-refractivity contribution < 1.29 is 28.5 Å². The molecule has 1 aliphatic rings. The van der Waals surface area contributed by atoms with E-state index < -0.39 is 17.8 Å². The van der Waals surface area contributed by atoms with Crippen molar-refractivity contribution in [3.63, 3.8) is 0 Å². The Hall–Kier alpha value is -1.49. The molecule has 1 atom stereocenters. The maximum atomic E-state index is 13.3. The number of hydrogen-bond acceptors (Lipinski definition) is 6. The molecule has 0 bridgehead atoms. The second-order valence-electron chi connectivity index (χ2n) is 6.76. The standard InChI is InChI=1S/C20H23F3N2O3S.ClH/c21-20(22,23)14-5-6-19-17(11-14)25(16-3-1-2-4-18(16)29-19)13-15(28)12-24(7-9-26)8-10-27;/h1-6,11,15,26-28H,7-10,12-13H2;1H. The van der Waals surface area contributed by atoms with Crippen LogP contribution in [0.5, 0.6) is 0 Å². The van der Waals surface area contributed by atoms with Crippen molar-refractivity contribution in [2.24, 2.45) is 0 Å². The summed E-state index contributed by atoms with van der Waals surface area (Å²) in [7, 11) is 0. The molecule has 1 unspecified atom stereocenters. The average Bonchev–Trinajstić information content (AvgIpc) is 2.67. The molecule has 2 aromatic carbocycles. The summed E-state index contributed by atoms with van der Waals surface area (Å²) in [6.07, 6.45) is -5.35. The van der Waals surface area contributed by atoms with Gasteiger partial charge in [-0.2, -0.15) is 13.2 Å². The van der Waals surface area contributed by atoms with Crippen LogP contribution in [0.2, 0.25) is 0 Å². The second kappa shape index (κ2) is 10.7.